The van der Waals surface area contributed by atoms with Gasteiger partial charge in [-0.15, -0.1) is 0 Å². The lowest BCUT2D eigenvalue weighted by Crippen LogP contribution is -2.31. The number of rotatable bonds is 6. The van der Waals surface area contributed by atoms with Crippen molar-refractivity contribution in [2.45, 2.75) is 39.3 Å². The largest absolute Gasteiger partial charge is 0.493 e. The number of hydrogen-bond acceptors (Lipinski definition) is 6. The van der Waals surface area contributed by atoms with Crippen molar-refractivity contribution < 1.29 is 9.47 Å². The summed E-state index contributed by atoms with van der Waals surface area (Å²) in [4.78, 5) is 11.3. The SMILES string of the molecule is CC[C@@H](C)Nc1nccc(N2CCc3cc(OC)c(OC)cc3C2)n1. The minimum absolute atomic E-state index is 0.356. The number of hydrogen-bond donors (Lipinski definition) is 1. The first-order chi connectivity index (χ1) is 12.1. The second-order valence-corrected chi connectivity index (χ2v) is 6.34. The predicted octanol–water partition coefficient (Wildman–Crippen LogP) is 3.27. The lowest BCUT2D eigenvalue weighted by Gasteiger charge is -2.30. The minimum atomic E-state index is 0.356. The van der Waals surface area contributed by atoms with E-state index in [9.17, 15) is 0 Å². The number of ether oxygens (including phenoxy) is 2. The van der Waals surface area contributed by atoms with Gasteiger partial charge in [0.25, 0.3) is 0 Å². The van der Waals surface area contributed by atoms with E-state index in [4.69, 9.17) is 9.47 Å². The fourth-order valence-corrected chi connectivity index (χ4v) is 3.00. The molecule has 1 aromatic heterocycles. The maximum absolute atomic E-state index is 5.44. The summed E-state index contributed by atoms with van der Waals surface area (Å²) in [6.45, 7) is 6.00. The highest BCUT2D eigenvalue weighted by Gasteiger charge is 2.20. The Hall–Kier alpha value is -2.50. The van der Waals surface area contributed by atoms with Gasteiger partial charge in [-0.3, -0.25) is 0 Å². The van der Waals surface area contributed by atoms with E-state index in [1.807, 2.05) is 12.3 Å². The van der Waals surface area contributed by atoms with Crippen LogP contribution in [0.2, 0.25) is 0 Å². The average molecular weight is 342 g/mol. The van der Waals surface area contributed by atoms with Gasteiger partial charge in [-0.2, -0.15) is 4.98 Å². The van der Waals surface area contributed by atoms with E-state index in [0.717, 1.165) is 43.2 Å². The number of nitrogens with one attached hydrogen (secondary N) is 1. The van der Waals surface area contributed by atoms with Crippen molar-refractivity contribution in [3.05, 3.63) is 35.5 Å². The van der Waals surface area contributed by atoms with Crippen LogP contribution in [0.1, 0.15) is 31.4 Å². The van der Waals surface area contributed by atoms with Crippen molar-refractivity contribution in [2.24, 2.45) is 0 Å². The van der Waals surface area contributed by atoms with Crippen molar-refractivity contribution in [1.82, 2.24) is 9.97 Å². The Morgan fingerprint density at radius 3 is 2.60 bits per heavy atom. The fraction of sp³-hybridized carbons (Fsp3) is 0.474. The van der Waals surface area contributed by atoms with Crippen LogP contribution in [-0.4, -0.2) is 36.8 Å². The molecule has 6 heteroatoms. The van der Waals surface area contributed by atoms with E-state index in [1.165, 1.54) is 11.1 Å². The zero-order valence-electron chi connectivity index (χ0n) is 15.4. The predicted molar refractivity (Wildman–Crippen MR) is 99.7 cm³/mol. The van der Waals surface area contributed by atoms with Crippen LogP contribution < -0.4 is 19.7 Å². The van der Waals surface area contributed by atoms with E-state index >= 15 is 0 Å². The zero-order chi connectivity index (χ0) is 17.8. The highest BCUT2D eigenvalue weighted by molar-refractivity contribution is 5.52. The molecule has 0 amide bonds. The molecule has 6 nitrogen and oxygen atoms in total. The molecule has 3 rings (SSSR count). The Kier molecular flexibility index (Phi) is 5.26. The Labute approximate surface area is 149 Å². The topological polar surface area (TPSA) is 59.5 Å². The first kappa shape index (κ1) is 17.3. The Balaban J connectivity index is 1.82. The standard InChI is InChI=1S/C19H26N4O2/c1-5-13(2)21-19-20-8-6-18(22-19)23-9-7-14-10-16(24-3)17(25-4)11-15(14)12-23/h6,8,10-11,13H,5,7,9,12H2,1-4H3,(H,20,21,22)/t13-/m1/s1. The molecule has 0 saturated carbocycles. The number of methoxy groups -OCH3 is 2. The second kappa shape index (κ2) is 7.59. The zero-order valence-corrected chi connectivity index (χ0v) is 15.4. The van der Waals surface area contributed by atoms with Crippen LogP contribution in [0.25, 0.3) is 0 Å². The van der Waals surface area contributed by atoms with E-state index in [0.29, 0.717) is 12.0 Å². The van der Waals surface area contributed by atoms with E-state index in [-0.39, 0.29) is 0 Å². The summed E-state index contributed by atoms with van der Waals surface area (Å²) in [5.41, 5.74) is 2.56. The molecular formula is C19H26N4O2. The van der Waals surface area contributed by atoms with Crippen LogP contribution in [0.4, 0.5) is 11.8 Å². The van der Waals surface area contributed by atoms with Crippen molar-refractivity contribution >= 4 is 11.8 Å². The fourth-order valence-electron chi connectivity index (χ4n) is 3.00. The van der Waals surface area contributed by atoms with Gasteiger partial charge in [0.2, 0.25) is 5.95 Å². The van der Waals surface area contributed by atoms with Crippen molar-refractivity contribution in [3.8, 4) is 11.5 Å². The quantitative estimate of drug-likeness (QED) is 0.869. The third kappa shape index (κ3) is 3.78. The van der Waals surface area contributed by atoms with E-state index in [1.54, 1.807) is 14.2 Å². The molecule has 2 heterocycles. The molecule has 1 aliphatic heterocycles. The van der Waals surface area contributed by atoms with Gasteiger partial charge in [0, 0.05) is 25.3 Å². The molecule has 134 valence electrons. The van der Waals surface area contributed by atoms with Crippen LogP contribution in [0.15, 0.2) is 24.4 Å². The first-order valence-electron chi connectivity index (χ1n) is 8.73. The number of nitrogens with zero attached hydrogens (tertiary/aromatic N) is 3. The molecule has 0 aliphatic carbocycles. The van der Waals surface area contributed by atoms with Gasteiger partial charge in [0.1, 0.15) is 5.82 Å². The molecule has 0 bridgehead atoms. The number of anilines is 2. The van der Waals surface area contributed by atoms with E-state index in [2.05, 4.69) is 46.2 Å². The molecule has 0 spiro atoms. The molecule has 0 fully saturated rings. The highest BCUT2D eigenvalue weighted by atomic mass is 16.5. The summed E-state index contributed by atoms with van der Waals surface area (Å²) >= 11 is 0. The monoisotopic (exact) mass is 342 g/mol. The summed E-state index contributed by atoms with van der Waals surface area (Å²) < 4.78 is 10.8. The molecule has 1 aliphatic rings. The molecule has 25 heavy (non-hydrogen) atoms. The molecular weight excluding hydrogens is 316 g/mol. The molecule has 0 unspecified atom stereocenters. The summed E-state index contributed by atoms with van der Waals surface area (Å²) in [6, 6.07) is 6.48. The summed E-state index contributed by atoms with van der Waals surface area (Å²) in [5, 5.41) is 3.34. The van der Waals surface area contributed by atoms with Gasteiger partial charge >= 0.3 is 0 Å². The summed E-state index contributed by atoms with van der Waals surface area (Å²) in [6.07, 6.45) is 3.80. The molecule has 1 N–H and O–H groups in total. The number of benzene rings is 1. The van der Waals surface area contributed by atoms with Crippen molar-refractivity contribution in [2.75, 3.05) is 31.0 Å². The van der Waals surface area contributed by atoms with Crippen LogP contribution in [0.3, 0.4) is 0 Å². The normalized spacial score (nSPS) is 14.6. The smallest absolute Gasteiger partial charge is 0.224 e. The van der Waals surface area contributed by atoms with Crippen molar-refractivity contribution in [1.29, 1.82) is 0 Å². The maximum Gasteiger partial charge on any atom is 0.224 e. The van der Waals surface area contributed by atoms with Crippen LogP contribution in [0, 0.1) is 0 Å². The lowest BCUT2D eigenvalue weighted by atomic mass is 9.99. The Morgan fingerprint density at radius 1 is 1.20 bits per heavy atom. The van der Waals surface area contributed by atoms with Crippen LogP contribution >= 0.6 is 0 Å². The van der Waals surface area contributed by atoms with E-state index < -0.39 is 0 Å². The van der Waals surface area contributed by atoms with Gasteiger partial charge in [-0.25, -0.2) is 4.98 Å². The minimum Gasteiger partial charge on any atom is -0.493 e. The van der Waals surface area contributed by atoms with Gasteiger partial charge in [0.05, 0.1) is 14.2 Å². The molecule has 0 saturated heterocycles. The van der Waals surface area contributed by atoms with Crippen LogP contribution in [-0.2, 0) is 13.0 Å². The summed E-state index contributed by atoms with van der Waals surface area (Å²) in [5.74, 6) is 3.19. The van der Waals surface area contributed by atoms with Gasteiger partial charge < -0.3 is 19.7 Å². The van der Waals surface area contributed by atoms with Crippen molar-refractivity contribution in [3.63, 3.8) is 0 Å². The van der Waals surface area contributed by atoms with Gasteiger partial charge in [-0.1, -0.05) is 6.92 Å². The molecule has 1 atom stereocenters. The van der Waals surface area contributed by atoms with Crippen LogP contribution in [0.5, 0.6) is 11.5 Å². The highest BCUT2D eigenvalue weighted by Crippen LogP contribution is 2.34. The molecule has 0 radical (unpaired) electrons. The van der Waals surface area contributed by atoms with Gasteiger partial charge in [-0.05, 0) is 49.1 Å². The molecule has 2 aromatic rings. The maximum atomic E-state index is 5.44. The number of aromatic nitrogens is 2. The Morgan fingerprint density at radius 2 is 1.92 bits per heavy atom. The first-order valence-corrected chi connectivity index (χ1v) is 8.73. The third-order valence-corrected chi connectivity index (χ3v) is 4.67. The summed E-state index contributed by atoms with van der Waals surface area (Å²) in [7, 11) is 3.34. The average Bonchev–Trinajstić information content (AvgIpc) is 2.66. The number of fused-ring (bicyclic) bond motifs is 1. The third-order valence-electron chi connectivity index (χ3n) is 4.67. The second-order valence-electron chi connectivity index (χ2n) is 6.34. The van der Waals surface area contributed by atoms with Gasteiger partial charge in [0.15, 0.2) is 11.5 Å². The Bertz CT molecular complexity index is 735. The lowest BCUT2D eigenvalue weighted by molar-refractivity contribution is 0.353. The molecule has 1 aromatic carbocycles.